The predicted octanol–water partition coefficient (Wildman–Crippen LogP) is 2.44. The van der Waals surface area contributed by atoms with Gasteiger partial charge in [-0.05, 0) is 32.8 Å². The Morgan fingerprint density at radius 1 is 1.43 bits per heavy atom. The Morgan fingerprint density at radius 2 is 2.26 bits per heavy atom. The second-order valence-corrected chi connectivity index (χ2v) is 6.65. The molecule has 2 heterocycles. The van der Waals surface area contributed by atoms with Gasteiger partial charge in [0.05, 0.1) is 23.4 Å². The second-order valence-electron chi connectivity index (χ2n) is 5.58. The smallest absolute Gasteiger partial charge is 0.194 e. The third kappa shape index (κ3) is 5.67. The van der Waals surface area contributed by atoms with Crippen molar-refractivity contribution in [1.82, 2.24) is 25.0 Å². The monoisotopic (exact) mass is 334 g/mol. The summed E-state index contributed by atoms with van der Waals surface area (Å²) in [6.45, 7) is 9.48. The van der Waals surface area contributed by atoms with Crippen LogP contribution in [0.2, 0.25) is 0 Å². The van der Waals surface area contributed by atoms with Crippen molar-refractivity contribution >= 4 is 17.3 Å². The van der Waals surface area contributed by atoms with Crippen LogP contribution in [-0.4, -0.2) is 45.8 Å². The molecule has 0 aliphatic heterocycles. The van der Waals surface area contributed by atoms with Crippen LogP contribution >= 0.6 is 11.3 Å². The molecule has 0 spiro atoms. The van der Waals surface area contributed by atoms with Crippen molar-refractivity contribution in [3.63, 3.8) is 0 Å². The minimum absolute atomic E-state index is 0.772. The first kappa shape index (κ1) is 17.5. The fraction of sp³-hybridized carbons (Fsp3) is 0.562. The Kier molecular flexibility index (Phi) is 6.58. The quantitative estimate of drug-likeness (QED) is 0.480. The summed E-state index contributed by atoms with van der Waals surface area (Å²) in [5, 5.41) is 10.8. The number of hydrogen-bond acceptors (Lipinski definition) is 4. The highest BCUT2D eigenvalue weighted by atomic mass is 32.1. The first-order valence-corrected chi connectivity index (χ1v) is 8.86. The van der Waals surface area contributed by atoms with Gasteiger partial charge in [-0.15, -0.1) is 11.3 Å². The lowest BCUT2D eigenvalue weighted by Crippen LogP contribution is -2.38. The molecule has 0 amide bonds. The van der Waals surface area contributed by atoms with Gasteiger partial charge in [0.15, 0.2) is 5.96 Å². The first-order chi connectivity index (χ1) is 11.1. The molecule has 0 bridgehead atoms. The van der Waals surface area contributed by atoms with Crippen molar-refractivity contribution in [2.45, 2.75) is 40.3 Å². The highest BCUT2D eigenvalue weighted by molar-refractivity contribution is 7.09. The van der Waals surface area contributed by atoms with Crippen LogP contribution in [0.25, 0.3) is 0 Å². The van der Waals surface area contributed by atoms with Gasteiger partial charge >= 0.3 is 0 Å². The molecule has 0 fully saturated rings. The fourth-order valence-corrected chi connectivity index (χ4v) is 2.88. The van der Waals surface area contributed by atoms with E-state index < -0.39 is 0 Å². The van der Waals surface area contributed by atoms with Gasteiger partial charge in [-0.3, -0.25) is 9.67 Å². The third-order valence-corrected chi connectivity index (χ3v) is 4.15. The maximum Gasteiger partial charge on any atom is 0.194 e. The lowest BCUT2D eigenvalue weighted by Gasteiger charge is -2.21. The van der Waals surface area contributed by atoms with E-state index in [0.29, 0.717) is 0 Å². The molecule has 6 nitrogen and oxygen atoms in total. The zero-order valence-corrected chi connectivity index (χ0v) is 15.2. The molecule has 0 radical (unpaired) electrons. The van der Waals surface area contributed by atoms with Gasteiger partial charge in [-0.2, -0.15) is 5.10 Å². The summed E-state index contributed by atoms with van der Waals surface area (Å²) in [4.78, 5) is 11.3. The molecule has 2 aromatic rings. The molecule has 23 heavy (non-hydrogen) atoms. The number of rotatable bonds is 7. The number of hydrogen-bond donors (Lipinski definition) is 1. The van der Waals surface area contributed by atoms with Crippen LogP contribution in [0.15, 0.2) is 22.8 Å². The van der Waals surface area contributed by atoms with E-state index in [0.717, 1.165) is 49.3 Å². The fourth-order valence-electron chi connectivity index (χ4n) is 2.28. The molecule has 0 aliphatic rings. The summed E-state index contributed by atoms with van der Waals surface area (Å²) in [6, 6.07) is 0. The van der Waals surface area contributed by atoms with E-state index in [9.17, 15) is 0 Å². The zero-order chi connectivity index (χ0) is 16.7. The van der Waals surface area contributed by atoms with E-state index in [2.05, 4.69) is 45.7 Å². The van der Waals surface area contributed by atoms with E-state index in [4.69, 9.17) is 4.99 Å². The maximum absolute atomic E-state index is 4.70. The zero-order valence-electron chi connectivity index (χ0n) is 14.4. The summed E-state index contributed by atoms with van der Waals surface area (Å²) in [5.41, 5.74) is 2.28. The number of thiazole rings is 1. The van der Waals surface area contributed by atoms with Crippen molar-refractivity contribution < 1.29 is 0 Å². The number of aliphatic imine (C=N–C) groups is 1. The van der Waals surface area contributed by atoms with Crippen molar-refractivity contribution in [2.75, 3.05) is 20.1 Å². The number of guanidine groups is 1. The molecule has 2 aromatic heterocycles. The predicted molar refractivity (Wildman–Crippen MR) is 95.9 cm³/mol. The Hall–Kier alpha value is -1.89. The lowest BCUT2D eigenvalue weighted by atomic mass is 10.4. The Bertz CT molecular complexity index is 630. The van der Waals surface area contributed by atoms with Gasteiger partial charge in [0, 0.05) is 38.3 Å². The standard InChI is InChI=1S/C16H26N6S/c1-5-17-16(21(4)11-15-12-23-14(3)20-15)18-7-6-8-22-10-13(2)9-19-22/h9-10,12H,5-8,11H2,1-4H3,(H,17,18). The molecule has 0 aromatic carbocycles. The molecule has 7 heteroatoms. The molecule has 0 saturated carbocycles. The minimum atomic E-state index is 0.772. The van der Waals surface area contributed by atoms with E-state index >= 15 is 0 Å². The van der Waals surface area contributed by atoms with Crippen LogP contribution in [0.4, 0.5) is 0 Å². The SMILES string of the molecule is CCNC(=NCCCn1cc(C)cn1)N(C)Cc1csc(C)n1. The summed E-state index contributed by atoms with van der Waals surface area (Å²) >= 11 is 1.68. The van der Waals surface area contributed by atoms with E-state index in [1.165, 1.54) is 5.56 Å². The normalized spacial score (nSPS) is 11.7. The van der Waals surface area contributed by atoms with Crippen LogP contribution < -0.4 is 5.32 Å². The summed E-state index contributed by atoms with van der Waals surface area (Å²) in [7, 11) is 2.05. The summed E-state index contributed by atoms with van der Waals surface area (Å²) in [6.07, 6.45) is 4.92. The molecule has 0 aliphatic carbocycles. The average Bonchev–Trinajstić information content (AvgIpc) is 3.11. The highest BCUT2D eigenvalue weighted by Gasteiger charge is 2.08. The van der Waals surface area contributed by atoms with Gasteiger partial charge in [0.1, 0.15) is 0 Å². The maximum atomic E-state index is 4.70. The van der Waals surface area contributed by atoms with Gasteiger partial charge in [0.2, 0.25) is 0 Å². The highest BCUT2D eigenvalue weighted by Crippen LogP contribution is 2.09. The van der Waals surface area contributed by atoms with Gasteiger partial charge in [-0.1, -0.05) is 0 Å². The minimum Gasteiger partial charge on any atom is -0.357 e. The Balaban J connectivity index is 1.85. The topological polar surface area (TPSA) is 58.3 Å². The largest absolute Gasteiger partial charge is 0.357 e. The Labute approximate surface area is 142 Å². The van der Waals surface area contributed by atoms with E-state index in [-0.39, 0.29) is 0 Å². The molecule has 0 saturated heterocycles. The van der Waals surface area contributed by atoms with Crippen molar-refractivity contribution in [1.29, 1.82) is 0 Å². The molecule has 126 valence electrons. The van der Waals surface area contributed by atoms with E-state index in [1.807, 2.05) is 24.9 Å². The molecule has 2 rings (SSSR count). The van der Waals surface area contributed by atoms with Crippen LogP contribution in [-0.2, 0) is 13.1 Å². The Morgan fingerprint density at radius 3 is 2.87 bits per heavy atom. The number of aryl methyl sites for hydroxylation is 3. The molecular weight excluding hydrogens is 308 g/mol. The second kappa shape index (κ2) is 8.67. The average molecular weight is 334 g/mol. The van der Waals surface area contributed by atoms with Crippen LogP contribution in [0, 0.1) is 13.8 Å². The molecular formula is C16H26N6S. The third-order valence-electron chi connectivity index (χ3n) is 3.33. The van der Waals surface area contributed by atoms with Crippen molar-refractivity contribution in [2.24, 2.45) is 4.99 Å². The summed E-state index contributed by atoms with van der Waals surface area (Å²) in [5.74, 6) is 0.926. The molecule has 0 atom stereocenters. The number of aromatic nitrogens is 3. The number of nitrogens with one attached hydrogen (secondary N) is 1. The molecule has 0 unspecified atom stereocenters. The van der Waals surface area contributed by atoms with Crippen LogP contribution in [0.1, 0.15) is 29.6 Å². The van der Waals surface area contributed by atoms with Crippen molar-refractivity contribution in [3.05, 3.63) is 34.0 Å². The summed E-state index contributed by atoms with van der Waals surface area (Å²) < 4.78 is 1.97. The van der Waals surface area contributed by atoms with Gasteiger partial charge in [-0.25, -0.2) is 4.98 Å². The lowest BCUT2D eigenvalue weighted by molar-refractivity contribution is 0.469. The van der Waals surface area contributed by atoms with E-state index in [1.54, 1.807) is 11.3 Å². The van der Waals surface area contributed by atoms with Crippen LogP contribution in [0.3, 0.4) is 0 Å². The number of nitrogens with zero attached hydrogens (tertiary/aromatic N) is 5. The first-order valence-electron chi connectivity index (χ1n) is 7.98. The van der Waals surface area contributed by atoms with Crippen molar-refractivity contribution in [3.8, 4) is 0 Å². The van der Waals surface area contributed by atoms with Crippen LogP contribution in [0.5, 0.6) is 0 Å². The van der Waals surface area contributed by atoms with Gasteiger partial charge in [0.25, 0.3) is 0 Å². The molecule has 1 N–H and O–H groups in total. The van der Waals surface area contributed by atoms with Gasteiger partial charge < -0.3 is 10.2 Å².